The van der Waals surface area contributed by atoms with Gasteiger partial charge in [0, 0.05) is 17.7 Å². The molecule has 0 bridgehead atoms. The third-order valence-corrected chi connectivity index (χ3v) is 7.50. The Labute approximate surface area is 168 Å². The summed E-state index contributed by atoms with van der Waals surface area (Å²) in [7, 11) is -1.39. The molecule has 1 unspecified atom stereocenters. The third kappa shape index (κ3) is 3.63. The van der Waals surface area contributed by atoms with Crippen molar-refractivity contribution < 1.29 is 8.74 Å². The normalized spacial score (nSPS) is 17.0. The molecule has 0 spiro atoms. The fourth-order valence-corrected chi connectivity index (χ4v) is 4.80. The minimum absolute atomic E-state index is 0.486. The Morgan fingerprint density at radius 2 is 2.21 bits per heavy atom. The number of nitrogens with zero attached hydrogens (tertiary/aromatic N) is 3. The van der Waals surface area contributed by atoms with Crippen molar-refractivity contribution in [3.63, 3.8) is 0 Å². The number of aryl methyl sites for hydroxylation is 1. The highest BCUT2D eigenvalue weighted by molar-refractivity contribution is 8.24. The molecule has 3 aromatic rings. The van der Waals surface area contributed by atoms with Crippen molar-refractivity contribution in [2.75, 3.05) is 12.4 Å². The molecule has 10 heteroatoms. The average molecular weight is 417 g/mol. The van der Waals surface area contributed by atoms with Gasteiger partial charge in [-0.25, -0.2) is 15.1 Å². The molecule has 3 aromatic heterocycles. The molecule has 0 aromatic carbocycles. The first kappa shape index (κ1) is 18.9. The van der Waals surface area contributed by atoms with Gasteiger partial charge in [0.25, 0.3) is 0 Å². The zero-order valence-electron chi connectivity index (χ0n) is 15.4. The minimum atomic E-state index is -2.77. The summed E-state index contributed by atoms with van der Waals surface area (Å²) < 4.78 is 15.7. The van der Waals surface area contributed by atoms with Crippen LogP contribution in [0.4, 0.5) is 11.6 Å². The number of nitrogens with one attached hydrogen (secondary N) is 2. The number of thiophene rings is 1. The van der Waals surface area contributed by atoms with E-state index in [0.717, 1.165) is 10.6 Å². The summed E-state index contributed by atoms with van der Waals surface area (Å²) in [5, 5.41) is 16.4. The monoisotopic (exact) mass is 416 g/mol. The second kappa shape index (κ2) is 7.20. The van der Waals surface area contributed by atoms with E-state index in [0.29, 0.717) is 38.8 Å². The molecule has 0 aliphatic heterocycles. The van der Waals surface area contributed by atoms with Crippen LogP contribution in [0.5, 0.6) is 0 Å². The molecule has 0 saturated heterocycles. The molecule has 4 rings (SSSR count). The van der Waals surface area contributed by atoms with Crippen LogP contribution in [0.25, 0.3) is 10.7 Å². The quantitative estimate of drug-likeness (QED) is 0.449. The van der Waals surface area contributed by atoms with Crippen LogP contribution in [0.1, 0.15) is 35.7 Å². The maximum absolute atomic E-state index is 10.2. The Kier molecular flexibility index (Phi) is 4.86. The predicted molar refractivity (Wildman–Crippen MR) is 112 cm³/mol. The highest BCUT2D eigenvalue weighted by atomic mass is 32.3. The van der Waals surface area contributed by atoms with E-state index in [4.69, 9.17) is 15.7 Å². The molecular weight excluding hydrogens is 396 g/mol. The molecule has 0 radical (unpaired) electrons. The lowest BCUT2D eigenvalue weighted by Crippen LogP contribution is -2.09. The predicted octanol–water partition coefficient (Wildman–Crippen LogP) is 3.91. The van der Waals surface area contributed by atoms with Gasteiger partial charge in [0.15, 0.2) is 17.5 Å². The lowest BCUT2D eigenvalue weighted by atomic mass is 10.2. The number of nitrogens with two attached hydrogens (primary N) is 1. The van der Waals surface area contributed by atoms with E-state index >= 15 is 0 Å². The fourth-order valence-electron chi connectivity index (χ4n) is 2.75. The maximum Gasteiger partial charge on any atom is 0.172 e. The summed E-state index contributed by atoms with van der Waals surface area (Å²) in [6.45, 7) is 1.83. The Bertz CT molecular complexity index is 1060. The van der Waals surface area contributed by atoms with Gasteiger partial charge in [-0.15, -0.1) is 28.5 Å². The van der Waals surface area contributed by atoms with Gasteiger partial charge in [0.1, 0.15) is 4.21 Å². The Morgan fingerprint density at radius 3 is 2.89 bits per heavy atom. The molecule has 146 valence electrons. The molecule has 8 nitrogen and oxygen atoms in total. The van der Waals surface area contributed by atoms with Gasteiger partial charge in [0.2, 0.25) is 0 Å². The standard InChI is InChI=1S/C18H20N6O2S2/c1-4-12-10(2)20-18(14-7-8-16(27-14)28(19,25)26-3)22-17(12)21-15-9-13(23-24-15)11-5-6-11/h1,7-9,11,25H,5-6,19H2,2-3H3,(H2,20,21,22,23,24). The topological polar surface area (TPSA) is 122 Å². The summed E-state index contributed by atoms with van der Waals surface area (Å²) in [6.07, 6.45) is 8.05. The fraction of sp³-hybridized carbons (Fsp3) is 0.278. The SMILES string of the molecule is C#Cc1c(C)nc(-c2ccc(S(N)(O)OC)s2)nc1Nc1cc(C2CC2)[nH]n1. The van der Waals surface area contributed by atoms with Crippen LogP contribution in [0.15, 0.2) is 22.4 Å². The van der Waals surface area contributed by atoms with Crippen molar-refractivity contribution in [1.29, 1.82) is 0 Å². The zero-order chi connectivity index (χ0) is 19.9. The van der Waals surface area contributed by atoms with Gasteiger partial charge in [-0.3, -0.25) is 13.8 Å². The lowest BCUT2D eigenvalue weighted by molar-refractivity contribution is 0.398. The van der Waals surface area contributed by atoms with Gasteiger partial charge in [-0.2, -0.15) is 5.10 Å². The zero-order valence-corrected chi connectivity index (χ0v) is 17.0. The van der Waals surface area contributed by atoms with E-state index in [9.17, 15) is 4.55 Å². The first-order chi connectivity index (χ1) is 13.4. The third-order valence-electron chi connectivity index (χ3n) is 4.44. The summed E-state index contributed by atoms with van der Waals surface area (Å²) in [5.74, 6) is 4.87. The Hall–Kier alpha value is -2.42. The van der Waals surface area contributed by atoms with Gasteiger partial charge in [-0.05, 0) is 31.9 Å². The molecular formula is C18H20N6O2S2. The highest BCUT2D eigenvalue weighted by Crippen LogP contribution is 2.49. The second-order valence-electron chi connectivity index (χ2n) is 6.46. The highest BCUT2D eigenvalue weighted by Gasteiger charge is 2.26. The number of H-pyrrole nitrogens is 1. The van der Waals surface area contributed by atoms with Crippen molar-refractivity contribution in [2.45, 2.75) is 29.9 Å². The van der Waals surface area contributed by atoms with Crippen molar-refractivity contribution in [3.8, 4) is 23.0 Å². The average Bonchev–Trinajstić information content (AvgIpc) is 3.20. The van der Waals surface area contributed by atoms with Gasteiger partial charge >= 0.3 is 0 Å². The number of anilines is 2. The van der Waals surface area contributed by atoms with E-state index in [2.05, 4.69) is 31.4 Å². The molecule has 3 heterocycles. The number of aromatic nitrogens is 4. The Morgan fingerprint density at radius 1 is 1.43 bits per heavy atom. The largest absolute Gasteiger partial charge is 0.322 e. The smallest absolute Gasteiger partial charge is 0.172 e. The minimum Gasteiger partial charge on any atom is -0.322 e. The van der Waals surface area contributed by atoms with E-state index in [-0.39, 0.29) is 0 Å². The first-order valence-electron chi connectivity index (χ1n) is 8.58. The molecule has 1 aliphatic rings. The van der Waals surface area contributed by atoms with Gasteiger partial charge < -0.3 is 5.32 Å². The van der Waals surface area contributed by atoms with Crippen LogP contribution in [0, 0.1) is 19.3 Å². The summed E-state index contributed by atoms with van der Waals surface area (Å²) in [4.78, 5) is 9.86. The van der Waals surface area contributed by atoms with E-state index in [1.54, 1.807) is 12.1 Å². The maximum atomic E-state index is 10.2. The van der Waals surface area contributed by atoms with Crippen molar-refractivity contribution in [2.24, 2.45) is 5.14 Å². The van der Waals surface area contributed by atoms with Gasteiger partial charge in [0.05, 0.1) is 23.2 Å². The number of terminal acetylenes is 1. The number of hydrogen-bond donors (Lipinski definition) is 4. The van der Waals surface area contributed by atoms with Crippen LogP contribution < -0.4 is 10.5 Å². The molecule has 1 atom stereocenters. The number of rotatable bonds is 6. The number of hydrogen-bond acceptors (Lipinski definition) is 8. The second-order valence-corrected chi connectivity index (χ2v) is 9.71. The summed E-state index contributed by atoms with van der Waals surface area (Å²) in [5.41, 5.74) is 2.36. The van der Waals surface area contributed by atoms with Crippen molar-refractivity contribution in [1.82, 2.24) is 20.2 Å². The van der Waals surface area contributed by atoms with Crippen LogP contribution in [0.2, 0.25) is 0 Å². The molecule has 1 saturated carbocycles. The van der Waals surface area contributed by atoms with E-state index in [1.807, 2.05) is 13.0 Å². The molecule has 5 N–H and O–H groups in total. The Balaban J connectivity index is 1.68. The van der Waals surface area contributed by atoms with E-state index in [1.165, 1.54) is 31.3 Å². The summed E-state index contributed by atoms with van der Waals surface area (Å²) in [6, 6.07) is 5.50. The molecule has 1 fully saturated rings. The molecule has 28 heavy (non-hydrogen) atoms. The summed E-state index contributed by atoms with van der Waals surface area (Å²) >= 11 is 1.28. The van der Waals surface area contributed by atoms with E-state index < -0.39 is 10.8 Å². The van der Waals surface area contributed by atoms with Crippen LogP contribution >= 0.6 is 22.1 Å². The van der Waals surface area contributed by atoms with Crippen molar-refractivity contribution >= 4 is 33.7 Å². The lowest BCUT2D eigenvalue weighted by Gasteiger charge is -2.29. The van der Waals surface area contributed by atoms with Crippen LogP contribution in [-0.4, -0.2) is 31.8 Å². The van der Waals surface area contributed by atoms with Gasteiger partial charge in [-0.1, -0.05) is 5.92 Å². The molecule has 1 aliphatic carbocycles. The molecule has 0 amide bonds. The number of aromatic amines is 1. The van der Waals surface area contributed by atoms with Crippen molar-refractivity contribution in [3.05, 3.63) is 35.2 Å². The van der Waals surface area contributed by atoms with Crippen LogP contribution in [-0.2, 0) is 4.18 Å². The first-order valence-corrected chi connectivity index (χ1v) is 11.0. The van der Waals surface area contributed by atoms with Crippen LogP contribution in [0.3, 0.4) is 0 Å².